The number of aryl methyl sites for hydroxylation is 1. The summed E-state index contributed by atoms with van der Waals surface area (Å²) in [6, 6.07) is 20.5. The summed E-state index contributed by atoms with van der Waals surface area (Å²) in [7, 11) is 0. The van der Waals surface area contributed by atoms with E-state index in [1.54, 1.807) is 127 Å². The van der Waals surface area contributed by atoms with Gasteiger partial charge in [-0.25, -0.2) is 19.2 Å². The predicted octanol–water partition coefficient (Wildman–Crippen LogP) is 8.81. The average Bonchev–Trinajstić information content (AvgIpc) is 3.10. The molecular weight excluding hydrogens is 732 g/mol. The summed E-state index contributed by atoms with van der Waals surface area (Å²) in [6.45, 7) is 14.1. The summed E-state index contributed by atoms with van der Waals surface area (Å²) in [5.41, 5.74) is 8.38. The molecule has 14 nitrogen and oxygen atoms in total. The quantitative estimate of drug-likeness (QED) is 0.0744. The minimum Gasteiger partial charge on any atom is -0.479 e. The van der Waals surface area contributed by atoms with Crippen LogP contribution in [0.3, 0.4) is 0 Å². The van der Waals surface area contributed by atoms with Gasteiger partial charge in [0.1, 0.15) is 11.2 Å². The molecule has 2 unspecified atom stereocenters. The zero-order chi connectivity index (χ0) is 42.1. The van der Waals surface area contributed by atoms with Crippen LogP contribution >= 0.6 is 0 Å². The number of benzene rings is 4. The van der Waals surface area contributed by atoms with Crippen molar-refractivity contribution in [1.82, 2.24) is 0 Å². The zero-order valence-corrected chi connectivity index (χ0v) is 33.6. The molecule has 4 aromatic carbocycles. The number of rotatable bonds is 13. The Morgan fingerprint density at radius 3 is 2.07 bits per heavy atom. The molecule has 0 spiro atoms. The van der Waals surface area contributed by atoms with Gasteiger partial charge >= 0.3 is 30.2 Å². The van der Waals surface area contributed by atoms with E-state index in [4.69, 9.17) is 24.7 Å². The molecule has 3 amide bonds. The second-order valence-corrected chi connectivity index (χ2v) is 15.4. The topological polar surface area (TPSA) is 196 Å². The fraction of sp³-hybridized carbons (Fsp3) is 0.372. The Labute approximate surface area is 332 Å². The number of carbonyl (C=O) groups excluding carboxylic acids is 4. The number of esters is 1. The minimum atomic E-state index is -1.12. The summed E-state index contributed by atoms with van der Waals surface area (Å²) >= 11 is 0. The number of amides is 3. The van der Waals surface area contributed by atoms with E-state index in [2.05, 4.69) is 10.6 Å². The van der Waals surface area contributed by atoms with Crippen molar-refractivity contribution in [2.75, 3.05) is 28.7 Å². The number of nitrogens with one attached hydrogen (secondary N) is 2. The Kier molecular flexibility index (Phi) is 14.3. The Morgan fingerprint density at radius 2 is 1.46 bits per heavy atom. The lowest BCUT2D eigenvalue weighted by Crippen LogP contribution is -2.43. The number of anilines is 3. The van der Waals surface area contributed by atoms with Crippen molar-refractivity contribution in [2.24, 2.45) is 5.73 Å². The molecule has 0 aliphatic carbocycles. The summed E-state index contributed by atoms with van der Waals surface area (Å²) in [6.07, 6.45) is -2.08. The second-order valence-electron chi connectivity index (χ2n) is 15.4. The first-order chi connectivity index (χ1) is 26.7. The SMILES string of the molecule is CCOC(=O)CC(N)c1cccc(NC(=O)OCCc2ccc(C(Nc3ccc4c(N(C(=O)OC(C)(C)C)C(=O)OC(C)(C)C)cccc4c3)C(=O)O)cc2C)c1. The van der Waals surface area contributed by atoms with Gasteiger partial charge in [-0.3, -0.25) is 10.1 Å². The predicted molar refractivity (Wildman–Crippen MR) is 217 cm³/mol. The van der Waals surface area contributed by atoms with Gasteiger partial charge in [0, 0.05) is 29.2 Å². The highest BCUT2D eigenvalue weighted by atomic mass is 16.6. The van der Waals surface area contributed by atoms with Crippen LogP contribution in [0.25, 0.3) is 10.8 Å². The first-order valence-corrected chi connectivity index (χ1v) is 18.6. The fourth-order valence-electron chi connectivity index (χ4n) is 5.84. The molecule has 14 heteroatoms. The van der Waals surface area contributed by atoms with E-state index in [0.717, 1.165) is 16.0 Å². The smallest absolute Gasteiger partial charge is 0.424 e. The van der Waals surface area contributed by atoms with E-state index in [0.29, 0.717) is 39.7 Å². The van der Waals surface area contributed by atoms with Gasteiger partial charge in [-0.1, -0.05) is 48.5 Å². The number of nitrogens with zero attached hydrogens (tertiary/aromatic N) is 1. The Morgan fingerprint density at radius 1 is 0.789 bits per heavy atom. The van der Waals surface area contributed by atoms with E-state index in [1.165, 1.54) is 0 Å². The first-order valence-electron chi connectivity index (χ1n) is 18.6. The normalized spacial score (nSPS) is 12.5. The van der Waals surface area contributed by atoms with Crippen molar-refractivity contribution in [3.63, 3.8) is 0 Å². The number of carbonyl (C=O) groups is 5. The van der Waals surface area contributed by atoms with Crippen molar-refractivity contribution in [2.45, 2.75) is 91.5 Å². The third kappa shape index (κ3) is 12.7. The standard InChI is InChI=1S/C43H52N4O10/c1-9-54-36(48)25-34(44)29-13-10-14-31(24-29)46-39(51)55-21-20-27-16-17-30(22-26(27)2)37(38(49)50)45-32-18-19-33-28(23-32)12-11-15-35(33)47(40(52)56-42(3,4)5)41(53)57-43(6,7)8/h10-19,22-24,34,37,45H,9,20-21,25,44H2,1-8H3,(H,46,51)(H,49,50). The molecule has 2 atom stereocenters. The number of ether oxygens (including phenoxy) is 4. The van der Waals surface area contributed by atoms with E-state index < -0.39 is 53.5 Å². The first kappa shape index (κ1) is 43.6. The number of carboxylic acid groups (broad SMARTS) is 1. The summed E-state index contributed by atoms with van der Waals surface area (Å²) in [5, 5.41) is 17.2. The lowest BCUT2D eigenvalue weighted by molar-refractivity contribution is -0.143. The maximum atomic E-state index is 13.3. The fourth-order valence-corrected chi connectivity index (χ4v) is 5.84. The van der Waals surface area contributed by atoms with Crippen LogP contribution in [-0.4, -0.2) is 59.7 Å². The molecule has 0 fully saturated rings. The second kappa shape index (κ2) is 18.7. The highest BCUT2D eigenvalue weighted by molar-refractivity contribution is 6.15. The van der Waals surface area contributed by atoms with Crippen molar-refractivity contribution in [3.8, 4) is 0 Å². The van der Waals surface area contributed by atoms with Crippen LogP contribution < -0.4 is 21.3 Å². The van der Waals surface area contributed by atoms with E-state index in [1.807, 2.05) is 6.92 Å². The van der Waals surface area contributed by atoms with Crippen LogP contribution in [0.1, 0.15) is 89.2 Å². The van der Waals surface area contributed by atoms with Crippen LogP contribution in [0.15, 0.2) is 78.9 Å². The lowest BCUT2D eigenvalue weighted by Gasteiger charge is -2.29. The average molecular weight is 785 g/mol. The van der Waals surface area contributed by atoms with Crippen LogP contribution in [0.4, 0.5) is 31.4 Å². The minimum absolute atomic E-state index is 0.00373. The number of fused-ring (bicyclic) bond motifs is 1. The van der Waals surface area contributed by atoms with Crippen LogP contribution in [0, 0.1) is 6.92 Å². The number of nitrogens with two attached hydrogens (primary N) is 1. The van der Waals surface area contributed by atoms with E-state index in [9.17, 15) is 29.1 Å². The van der Waals surface area contributed by atoms with Crippen LogP contribution in [-0.2, 0) is 35.0 Å². The lowest BCUT2D eigenvalue weighted by atomic mass is 9.98. The van der Waals surface area contributed by atoms with Gasteiger partial charge in [-0.05, 0) is 113 Å². The molecule has 0 aliphatic heterocycles. The molecule has 4 aromatic rings. The molecule has 0 radical (unpaired) electrons. The van der Waals surface area contributed by atoms with Crippen LogP contribution in [0.2, 0.25) is 0 Å². The molecule has 0 aromatic heterocycles. The highest BCUT2D eigenvalue weighted by Crippen LogP contribution is 2.33. The largest absolute Gasteiger partial charge is 0.479 e. The number of hydrogen-bond donors (Lipinski definition) is 4. The third-order valence-electron chi connectivity index (χ3n) is 8.37. The molecular formula is C43H52N4O10. The van der Waals surface area contributed by atoms with Gasteiger partial charge in [0.05, 0.1) is 25.3 Å². The molecule has 0 heterocycles. The number of carboxylic acids is 1. The number of hydrogen-bond acceptors (Lipinski definition) is 11. The Balaban J connectivity index is 1.44. The van der Waals surface area contributed by atoms with Gasteiger partial charge < -0.3 is 35.1 Å². The summed E-state index contributed by atoms with van der Waals surface area (Å²) in [5.74, 6) is -1.52. The third-order valence-corrected chi connectivity index (χ3v) is 8.37. The van der Waals surface area contributed by atoms with E-state index >= 15 is 0 Å². The zero-order valence-electron chi connectivity index (χ0n) is 33.6. The Hall–Kier alpha value is -6.15. The summed E-state index contributed by atoms with van der Waals surface area (Å²) < 4.78 is 21.5. The molecule has 5 N–H and O–H groups in total. The Bertz CT molecular complexity index is 2080. The van der Waals surface area contributed by atoms with Gasteiger partial charge in [0.25, 0.3) is 0 Å². The maximum absolute atomic E-state index is 13.3. The van der Waals surface area contributed by atoms with Crippen molar-refractivity contribution < 1.29 is 48.0 Å². The molecule has 0 saturated carbocycles. The molecule has 0 saturated heterocycles. The molecule has 0 bridgehead atoms. The van der Waals surface area contributed by atoms with Gasteiger partial charge in [-0.15, -0.1) is 0 Å². The number of aliphatic carboxylic acids is 1. The monoisotopic (exact) mass is 784 g/mol. The van der Waals surface area contributed by atoms with Crippen molar-refractivity contribution in [3.05, 3.63) is 101 Å². The van der Waals surface area contributed by atoms with Gasteiger partial charge in [-0.2, -0.15) is 4.90 Å². The highest BCUT2D eigenvalue weighted by Gasteiger charge is 2.33. The molecule has 57 heavy (non-hydrogen) atoms. The van der Waals surface area contributed by atoms with Crippen LogP contribution in [0.5, 0.6) is 0 Å². The number of imide groups is 1. The molecule has 0 aliphatic rings. The van der Waals surface area contributed by atoms with E-state index in [-0.39, 0.29) is 25.3 Å². The van der Waals surface area contributed by atoms with Crippen molar-refractivity contribution in [1.29, 1.82) is 0 Å². The van der Waals surface area contributed by atoms with Gasteiger partial charge in [0.2, 0.25) is 0 Å². The molecule has 304 valence electrons. The molecule has 4 rings (SSSR count). The summed E-state index contributed by atoms with van der Waals surface area (Å²) in [4.78, 5) is 64.5. The van der Waals surface area contributed by atoms with Gasteiger partial charge in [0.15, 0.2) is 6.04 Å². The van der Waals surface area contributed by atoms with Crippen molar-refractivity contribution >= 4 is 58.1 Å². The maximum Gasteiger partial charge on any atom is 0.424 e.